The predicted octanol–water partition coefficient (Wildman–Crippen LogP) is -0.875. The second kappa shape index (κ2) is 6.42. The highest BCUT2D eigenvalue weighted by Gasteiger charge is 2.45. The van der Waals surface area contributed by atoms with E-state index in [2.05, 4.69) is 63.5 Å². The van der Waals surface area contributed by atoms with Crippen molar-refractivity contribution < 1.29 is 33.5 Å². The van der Waals surface area contributed by atoms with Crippen LogP contribution in [-0.2, 0) is 5.41 Å². The fourth-order valence-corrected chi connectivity index (χ4v) is 2.90. The number of hydrogen-bond donors (Lipinski definition) is 0. The number of nitrogens with zero attached hydrogens (tertiary/aromatic N) is 1. The lowest BCUT2D eigenvalue weighted by Gasteiger charge is -2.19. The van der Waals surface area contributed by atoms with Gasteiger partial charge in [0.2, 0.25) is 5.69 Å². The zero-order valence-corrected chi connectivity index (χ0v) is 13.8. The normalized spacial score (nSPS) is 21.2. The van der Waals surface area contributed by atoms with Crippen molar-refractivity contribution in [3.63, 3.8) is 0 Å². The van der Waals surface area contributed by atoms with Gasteiger partial charge in [-0.05, 0) is 27.2 Å². The van der Waals surface area contributed by atoms with Crippen LogP contribution in [0.15, 0.2) is 24.3 Å². The van der Waals surface area contributed by atoms with Crippen LogP contribution in [0.4, 0.5) is 5.69 Å². The molecule has 1 heterocycles. The van der Waals surface area contributed by atoms with Gasteiger partial charge < -0.3 is 0 Å². The molecule has 21 heavy (non-hydrogen) atoms. The highest BCUT2D eigenvalue weighted by Crippen LogP contribution is 2.42. The summed E-state index contributed by atoms with van der Waals surface area (Å²) in [5.41, 5.74) is 4.61. The van der Waals surface area contributed by atoms with Crippen LogP contribution in [0, 0.1) is 10.2 Å². The number of benzene rings is 1. The van der Waals surface area contributed by atoms with Gasteiger partial charge in [0.15, 0.2) is 11.8 Å². The molecule has 0 amide bonds. The Kier molecular flexibility index (Phi) is 5.52. The van der Waals surface area contributed by atoms with Gasteiger partial charge in [0.25, 0.3) is 0 Å². The molecule has 1 aromatic rings. The summed E-state index contributed by atoms with van der Waals surface area (Å²) in [5.74, 6) is 0. The summed E-state index contributed by atoms with van der Waals surface area (Å²) in [7, 11) is -4.94. The highest BCUT2D eigenvalue weighted by atomic mass is 35.7. The average Bonchev–Trinajstić information content (AvgIpc) is 2.58. The molecule has 2 rings (SSSR count). The molecule has 0 saturated carbocycles. The Bertz CT molecular complexity index is 531. The molecule has 0 radical (unpaired) electrons. The van der Waals surface area contributed by atoms with Gasteiger partial charge in [0.1, 0.15) is 0 Å². The zero-order chi connectivity index (χ0) is 16.4. The van der Waals surface area contributed by atoms with Crippen LogP contribution in [0.2, 0.25) is 0 Å². The minimum Gasteiger partial charge on any atom is -0.222 e. The maximum absolute atomic E-state index is 8.49. The summed E-state index contributed by atoms with van der Waals surface area (Å²) >= 11 is 0. The summed E-state index contributed by atoms with van der Waals surface area (Å²) in [4.78, 5) is 0. The third-order valence-electron chi connectivity index (χ3n) is 4.14. The number of halogens is 1. The minimum absolute atomic E-state index is 0.223. The Labute approximate surface area is 127 Å². The first-order valence-corrected chi connectivity index (χ1v) is 8.10. The monoisotopic (exact) mass is 315 g/mol. The summed E-state index contributed by atoms with van der Waals surface area (Å²) in [6.45, 7) is 11.5. The Balaban J connectivity index is 0.000000383. The highest BCUT2D eigenvalue weighted by molar-refractivity contribution is 5.93. The topological polar surface area (TPSA) is 95.2 Å². The van der Waals surface area contributed by atoms with E-state index >= 15 is 0 Å². The SMILES string of the molecule is CCC1(C)C(C)=[N+](C(C)C)c2ccccc21.[O-][Cl+3]([O-])([O-])[O-]. The lowest BCUT2D eigenvalue weighted by molar-refractivity contribution is -2.00. The lowest BCUT2D eigenvalue weighted by Crippen LogP contribution is -2.68. The van der Waals surface area contributed by atoms with Crippen molar-refractivity contribution in [3.8, 4) is 0 Å². The fraction of sp³-hybridized carbons (Fsp3) is 0.533. The van der Waals surface area contributed by atoms with Gasteiger partial charge >= 0.3 is 0 Å². The van der Waals surface area contributed by atoms with Gasteiger partial charge in [-0.3, -0.25) is 0 Å². The summed E-state index contributed by atoms with van der Waals surface area (Å²) in [6, 6.07) is 9.37. The Morgan fingerprint density at radius 2 is 1.62 bits per heavy atom. The van der Waals surface area contributed by atoms with Crippen LogP contribution in [0.25, 0.3) is 0 Å². The molecule has 1 unspecified atom stereocenters. The second-order valence-electron chi connectivity index (χ2n) is 5.63. The fourth-order valence-electron chi connectivity index (χ4n) is 2.90. The van der Waals surface area contributed by atoms with Crippen LogP contribution in [0.1, 0.15) is 46.6 Å². The van der Waals surface area contributed by atoms with Gasteiger partial charge in [-0.1, -0.05) is 25.1 Å². The second-order valence-corrected chi connectivity index (χ2v) is 6.39. The molecule has 1 aliphatic rings. The molecular formula is C15H22ClNO4. The van der Waals surface area contributed by atoms with Gasteiger partial charge in [0, 0.05) is 18.6 Å². The standard InChI is InChI=1S/C15H22N.ClHO4/c1-6-15(5)12(4)16(11(2)3)14-10-8-7-9-13(14)15;2-1(3,4)5/h7-11H,6H2,1-5H3;(H,2,3,4,5)/q+1;/p-1. The van der Waals surface area contributed by atoms with Gasteiger partial charge in [0.05, 0.1) is 5.41 Å². The van der Waals surface area contributed by atoms with Crippen molar-refractivity contribution in [1.82, 2.24) is 0 Å². The van der Waals surface area contributed by atoms with E-state index in [1.165, 1.54) is 23.4 Å². The third kappa shape index (κ3) is 4.02. The first-order chi connectivity index (χ1) is 9.52. The maximum Gasteiger partial charge on any atom is 0.209 e. The largest absolute Gasteiger partial charge is 0.222 e. The minimum atomic E-state index is -4.94. The van der Waals surface area contributed by atoms with Crippen LogP contribution in [0.3, 0.4) is 0 Å². The van der Waals surface area contributed by atoms with Crippen LogP contribution in [-0.4, -0.2) is 16.3 Å². The quantitative estimate of drug-likeness (QED) is 0.662. The van der Waals surface area contributed by atoms with Crippen molar-refractivity contribution in [2.24, 2.45) is 0 Å². The summed E-state index contributed by atoms with van der Waals surface area (Å²) in [6.07, 6.45) is 1.17. The molecule has 1 atom stereocenters. The molecule has 6 heteroatoms. The molecule has 0 bridgehead atoms. The van der Waals surface area contributed by atoms with Gasteiger partial charge in [-0.2, -0.15) is 4.58 Å². The van der Waals surface area contributed by atoms with E-state index in [1.807, 2.05) is 0 Å². The molecule has 1 aliphatic heterocycles. The van der Waals surface area contributed by atoms with Crippen molar-refractivity contribution in [2.75, 3.05) is 0 Å². The number of hydrogen-bond acceptors (Lipinski definition) is 4. The maximum atomic E-state index is 8.49. The molecule has 1 aromatic carbocycles. The lowest BCUT2D eigenvalue weighted by atomic mass is 9.78. The van der Waals surface area contributed by atoms with E-state index < -0.39 is 10.2 Å². The Morgan fingerprint density at radius 1 is 1.14 bits per heavy atom. The first-order valence-electron chi connectivity index (χ1n) is 6.87. The molecule has 0 N–H and O–H groups in total. The molecule has 0 fully saturated rings. The van der Waals surface area contributed by atoms with Crippen LogP contribution < -0.4 is 18.6 Å². The van der Waals surface area contributed by atoms with E-state index in [0.29, 0.717) is 6.04 Å². The van der Waals surface area contributed by atoms with E-state index in [4.69, 9.17) is 18.6 Å². The van der Waals surface area contributed by atoms with E-state index in [1.54, 1.807) is 0 Å². The number of para-hydroxylation sites is 1. The summed E-state index contributed by atoms with van der Waals surface area (Å²) in [5, 5.41) is 0. The van der Waals surface area contributed by atoms with E-state index in [0.717, 1.165) is 0 Å². The van der Waals surface area contributed by atoms with E-state index in [-0.39, 0.29) is 5.41 Å². The van der Waals surface area contributed by atoms with E-state index in [9.17, 15) is 0 Å². The van der Waals surface area contributed by atoms with Gasteiger partial charge in [-0.15, -0.1) is 10.2 Å². The molecule has 0 aliphatic carbocycles. The molecule has 0 spiro atoms. The average molecular weight is 316 g/mol. The van der Waals surface area contributed by atoms with Crippen molar-refractivity contribution in [3.05, 3.63) is 29.8 Å². The molecule has 5 nitrogen and oxygen atoms in total. The smallest absolute Gasteiger partial charge is 0.209 e. The molecule has 118 valence electrons. The number of rotatable bonds is 2. The third-order valence-corrected chi connectivity index (χ3v) is 4.14. The molecular weight excluding hydrogens is 294 g/mol. The van der Waals surface area contributed by atoms with Crippen molar-refractivity contribution in [2.45, 2.75) is 52.5 Å². The predicted molar refractivity (Wildman–Crippen MR) is 69.8 cm³/mol. The van der Waals surface area contributed by atoms with Crippen LogP contribution in [0.5, 0.6) is 0 Å². The van der Waals surface area contributed by atoms with Crippen LogP contribution >= 0.6 is 0 Å². The Hall–Kier alpha value is -0.980. The summed E-state index contributed by atoms with van der Waals surface area (Å²) < 4.78 is 36.5. The molecule has 0 aromatic heterocycles. The molecule has 0 saturated heterocycles. The van der Waals surface area contributed by atoms with Crippen molar-refractivity contribution in [1.29, 1.82) is 0 Å². The number of fused-ring (bicyclic) bond motifs is 1. The van der Waals surface area contributed by atoms with Gasteiger partial charge in [-0.25, -0.2) is 18.6 Å². The first kappa shape index (κ1) is 18.1. The Morgan fingerprint density at radius 3 is 2.05 bits per heavy atom. The van der Waals surface area contributed by atoms with Crippen molar-refractivity contribution >= 4 is 11.4 Å². The zero-order valence-electron chi connectivity index (χ0n) is 13.1.